The molecule has 5 amide bonds. The molecule has 0 radical (unpaired) electrons. The molecule has 0 unspecified atom stereocenters. The molecular weight excluding hydrogens is 827 g/mol. The number of carbonyl (C=O) groups excluding carboxylic acids is 4. The molecule has 17 nitrogen and oxygen atoms in total. The molecule has 9 rings (SSSR count). The number of H-pyrrole nitrogens is 2. The monoisotopic (exact) mass is 877 g/mol. The molecule has 17 heteroatoms. The molecule has 3 atom stereocenters. The van der Waals surface area contributed by atoms with Gasteiger partial charge in [-0.15, -0.1) is 0 Å². The fourth-order valence-corrected chi connectivity index (χ4v) is 9.44. The highest BCUT2D eigenvalue weighted by Crippen LogP contribution is 2.35. The van der Waals surface area contributed by atoms with Gasteiger partial charge in [-0.3, -0.25) is 29.1 Å². The smallest absolute Gasteiger partial charge is 0.407 e. The molecule has 3 aromatic heterocycles. The van der Waals surface area contributed by atoms with Crippen LogP contribution in [0, 0.1) is 5.92 Å². The van der Waals surface area contributed by atoms with E-state index in [1.54, 1.807) is 28.4 Å². The second kappa shape index (κ2) is 18.0. The minimum atomic E-state index is -1.14. The summed E-state index contributed by atoms with van der Waals surface area (Å²) in [5, 5.41) is 12.3. The Morgan fingerprint density at radius 2 is 1.45 bits per heavy atom. The van der Waals surface area contributed by atoms with Crippen LogP contribution in [0.2, 0.25) is 0 Å². The van der Waals surface area contributed by atoms with Gasteiger partial charge >= 0.3 is 6.09 Å². The number of hydrogen-bond donors (Lipinski definition) is 4. The number of fused-ring (bicyclic) bond motifs is 2. The maximum absolute atomic E-state index is 13.6. The molecule has 4 N–H and O–H groups in total. The fourth-order valence-electron chi connectivity index (χ4n) is 9.44. The van der Waals surface area contributed by atoms with Gasteiger partial charge in [0.1, 0.15) is 24.2 Å². The topological polar surface area (TPSA) is 214 Å². The molecule has 0 spiro atoms. The predicted octanol–water partition coefficient (Wildman–Crippen LogP) is 6.13. The lowest BCUT2D eigenvalue weighted by Crippen LogP contribution is -2.51. The van der Waals surface area contributed by atoms with Crippen molar-refractivity contribution in [1.29, 1.82) is 0 Å². The average Bonchev–Trinajstić information content (AvgIpc) is 4.16. The lowest BCUT2D eigenvalue weighted by atomic mass is 10.0. The highest BCUT2D eigenvalue weighted by Gasteiger charge is 2.40. The van der Waals surface area contributed by atoms with E-state index in [1.165, 1.54) is 11.9 Å². The first kappa shape index (κ1) is 42.9. The number of aromatic nitrogens is 6. The van der Waals surface area contributed by atoms with Crippen LogP contribution in [0.4, 0.5) is 10.5 Å². The van der Waals surface area contributed by atoms with Gasteiger partial charge in [-0.05, 0) is 67.3 Å². The first-order valence-electron chi connectivity index (χ1n) is 22.1. The second-order valence-electron chi connectivity index (χ2n) is 17.3. The number of amides is 5. The lowest BCUT2D eigenvalue weighted by molar-refractivity contribution is -0.138. The van der Waals surface area contributed by atoms with Crippen LogP contribution in [0.5, 0.6) is 0 Å². The summed E-state index contributed by atoms with van der Waals surface area (Å²) in [7, 11) is 1.44. The summed E-state index contributed by atoms with van der Waals surface area (Å²) < 4.78 is 0. The third-order valence-electron chi connectivity index (χ3n) is 12.8. The Labute approximate surface area is 375 Å². The SMILES string of the molecule is CC(C)[C@@H](C(=O)N1CCC[C@H]1c1ncc(-c2ccc(-c3cnc4cc(-c5cnc([C@@H]6CCCN6C(=O)CNC(=O)CN6C(=O)CCc7ccccc76)[nH]5)ccc4n3)cc2)[nH]1)N(C)C(=O)O. The zero-order valence-electron chi connectivity index (χ0n) is 36.5. The number of aromatic amines is 2. The quantitative estimate of drug-likeness (QED) is 0.110. The van der Waals surface area contributed by atoms with Gasteiger partial charge in [0.05, 0.1) is 65.3 Å². The number of imidazole rings is 2. The summed E-state index contributed by atoms with van der Waals surface area (Å²) >= 11 is 0. The maximum Gasteiger partial charge on any atom is 0.407 e. The second-order valence-corrected chi connectivity index (χ2v) is 17.3. The molecule has 65 heavy (non-hydrogen) atoms. The molecule has 334 valence electrons. The van der Waals surface area contributed by atoms with E-state index in [9.17, 15) is 29.1 Å². The molecule has 3 aliphatic heterocycles. The molecule has 0 saturated carbocycles. The van der Waals surface area contributed by atoms with Crippen molar-refractivity contribution in [3.05, 3.63) is 103 Å². The van der Waals surface area contributed by atoms with Crippen molar-refractivity contribution >= 4 is 46.4 Å². The predicted molar refractivity (Wildman–Crippen MR) is 242 cm³/mol. The number of carboxylic acid groups (broad SMARTS) is 1. The summed E-state index contributed by atoms with van der Waals surface area (Å²) in [5.41, 5.74) is 8.17. The van der Waals surface area contributed by atoms with Gasteiger partial charge in [0.25, 0.3) is 0 Å². The van der Waals surface area contributed by atoms with Crippen LogP contribution in [-0.2, 0) is 25.6 Å². The van der Waals surface area contributed by atoms with E-state index in [4.69, 9.17) is 9.97 Å². The number of hydrogen-bond acceptors (Lipinski definition) is 9. The Morgan fingerprint density at radius 1 is 0.800 bits per heavy atom. The number of likely N-dealkylation sites (tertiary alicyclic amines) is 2. The van der Waals surface area contributed by atoms with E-state index in [2.05, 4.69) is 25.3 Å². The number of rotatable bonds is 12. The zero-order valence-corrected chi connectivity index (χ0v) is 36.5. The third kappa shape index (κ3) is 8.65. The van der Waals surface area contributed by atoms with Crippen LogP contribution in [0.25, 0.3) is 44.8 Å². The van der Waals surface area contributed by atoms with Crippen LogP contribution in [0.1, 0.15) is 75.2 Å². The van der Waals surface area contributed by atoms with Crippen LogP contribution < -0.4 is 10.2 Å². The molecule has 6 heterocycles. The summed E-state index contributed by atoms with van der Waals surface area (Å²) in [6, 6.07) is 20.0. The van der Waals surface area contributed by atoms with Gasteiger partial charge in [-0.2, -0.15) is 0 Å². The highest BCUT2D eigenvalue weighted by atomic mass is 16.4. The van der Waals surface area contributed by atoms with Crippen molar-refractivity contribution < 1.29 is 29.1 Å². The van der Waals surface area contributed by atoms with E-state index >= 15 is 0 Å². The van der Waals surface area contributed by atoms with Crippen LogP contribution in [0.15, 0.2) is 85.3 Å². The molecule has 2 saturated heterocycles. The van der Waals surface area contributed by atoms with Crippen molar-refractivity contribution in [2.45, 2.75) is 70.5 Å². The Bertz CT molecular complexity index is 2780. The number of para-hydroxylation sites is 1. The first-order chi connectivity index (χ1) is 31.4. The maximum atomic E-state index is 13.6. The molecular formula is C48H51N11O6. The number of anilines is 1. The average molecular weight is 878 g/mol. The van der Waals surface area contributed by atoms with Crippen molar-refractivity contribution in [1.82, 2.24) is 49.9 Å². The minimum absolute atomic E-state index is 0.108. The number of nitrogens with zero attached hydrogens (tertiary/aromatic N) is 8. The Hall–Kier alpha value is -7.43. The zero-order chi connectivity index (χ0) is 45.4. The van der Waals surface area contributed by atoms with Crippen molar-refractivity contribution in [3.8, 4) is 33.8 Å². The van der Waals surface area contributed by atoms with Crippen LogP contribution in [-0.4, -0.2) is 119 Å². The Balaban J connectivity index is 0.823. The third-order valence-corrected chi connectivity index (χ3v) is 12.8. The van der Waals surface area contributed by atoms with Gasteiger partial charge < -0.3 is 35.1 Å². The first-order valence-corrected chi connectivity index (χ1v) is 22.1. The molecule has 6 aromatic rings. The normalized spacial score (nSPS) is 17.7. The number of benzene rings is 3. The molecule has 0 bridgehead atoms. The van der Waals surface area contributed by atoms with E-state index in [1.807, 2.05) is 80.6 Å². The van der Waals surface area contributed by atoms with Gasteiger partial charge in [0.2, 0.25) is 23.6 Å². The van der Waals surface area contributed by atoms with Crippen molar-refractivity contribution in [2.24, 2.45) is 5.92 Å². The van der Waals surface area contributed by atoms with Gasteiger partial charge in [0.15, 0.2) is 0 Å². The van der Waals surface area contributed by atoms with E-state index in [0.717, 1.165) is 75.4 Å². The summed E-state index contributed by atoms with van der Waals surface area (Å²) in [6.45, 7) is 4.49. The van der Waals surface area contributed by atoms with Crippen LogP contribution >= 0.6 is 0 Å². The van der Waals surface area contributed by atoms with Gasteiger partial charge in [-0.1, -0.05) is 62.4 Å². The van der Waals surface area contributed by atoms with Crippen molar-refractivity contribution in [2.75, 3.05) is 38.1 Å². The molecule has 2 fully saturated rings. The standard InChI is InChI=1S/C48H51N11O6/c1-28(2)44(56(3)48(64)65)47(63)58-21-7-11-40(58)46-51-24-36(54-46)30-14-12-29(13-15-30)35-23-49-34-22-32(16-18-33(34)53-35)37-25-52-45(55-37)39-10-6-20-57(39)43(62)26-50-41(60)27-59-38-9-5-4-8-31(38)17-19-42(59)61/h4-5,8-9,12-16,18,22-25,28,39-40,44H,6-7,10-11,17,19-21,26-27H2,1-3H3,(H,50,60)(H,51,54)(H,52,55)(H,64,65)/t39-,40-,44-/m0/s1. The highest BCUT2D eigenvalue weighted by molar-refractivity contribution is 6.01. The Morgan fingerprint density at radius 3 is 2.15 bits per heavy atom. The van der Waals surface area contributed by atoms with Gasteiger partial charge in [-0.25, -0.2) is 19.7 Å². The lowest BCUT2D eigenvalue weighted by Gasteiger charge is -2.33. The summed E-state index contributed by atoms with van der Waals surface area (Å²) in [4.78, 5) is 96.3. The van der Waals surface area contributed by atoms with E-state index in [0.29, 0.717) is 48.8 Å². The Kier molecular flexibility index (Phi) is 11.9. The molecule has 3 aromatic carbocycles. The summed E-state index contributed by atoms with van der Waals surface area (Å²) in [5.74, 6) is 0.232. The minimum Gasteiger partial charge on any atom is -0.465 e. The molecule has 3 aliphatic rings. The number of aryl methyl sites for hydroxylation is 1. The number of likely N-dealkylation sites (N-methyl/N-ethyl adjacent to an activating group) is 1. The van der Waals surface area contributed by atoms with Crippen molar-refractivity contribution in [3.63, 3.8) is 0 Å². The van der Waals surface area contributed by atoms with E-state index < -0.39 is 12.1 Å². The van der Waals surface area contributed by atoms with Gasteiger partial charge in [0, 0.05) is 43.4 Å². The van der Waals surface area contributed by atoms with E-state index in [-0.39, 0.29) is 54.7 Å². The molecule has 0 aliphatic carbocycles. The number of nitrogens with one attached hydrogen (secondary N) is 3. The fraction of sp³-hybridized carbons (Fsp3) is 0.354. The number of carbonyl (C=O) groups is 5. The van der Waals surface area contributed by atoms with Crippen LogP contribution in [0.3, 0.4) is 0 Å². The summed E-state index contributed by atoms with van der Waals surface area (Å²) in [6.07, 6.45) is 8.19. The largest absolute Gasteiger partial charge is 0.465 e.